The first-order valence-electron chi connectivity index (χ1n) is 6.25. The molecule has 0 amide bonds. The Balaban J connectivity index is 1.98. The molecule has 0 spiro atoms. The van der Waals surface area contributed by atoms with Gasteiger partial charge in [-0.25, -0.2) is 14.8 Å². The van der Waals surface area contributed by atoms with E-state index in [2.05, 4.69) is 25.1 Å². The number of hydrogen-bond acceptors (Lipinski definition) is 6. The highest BCUT2D eigenvalue weighted by atomic mass is 16.5. The van der Waals surface area contributed by atoms with Crippen LogP contribution in [0.3, 0.4) is 0 Å². The first kappa shape index (κ1) is 14.0. The summed E-state index contributed by atoms with van der Waals surface area (Å²) < 4.78 is 6.38. The van der Waals surface area contributed by atoms with E-state index in [1.807, 2.05) is 19.3 Å². The summed E-state index contributed by atoms with van der Waals surface area (Å²) in [6.07, 6.45) is 2.68. The third-order valence-corrected chi connectivity index (χ3v) is 2.68. The lowest BCUT2D eigenvalue weighted by atomic mass is 10.3. The fourth-order valence-corrected chi connectivity index (χ4v) is 1.76. The Morgan fingerprint density at radius 2 is 2.25 bits per heavy atom. The van der Waals surface area contributed by atoms with Crippen molar-refractivity contribution in [3.8, 4) is 0 Å². The predicted molar refractivity (Wildman–Crippen MR) is 73.5 cm³/mol. The molecule has 2 rings (SSSR count). The maximum atomic E-state index is 11.4. The van der Waals surface area contributed by atoms with Gasteiger partial charge in [0.2, 0.25) is 5.82 Å². The highest BCUT2D eigenvalue weighted by molar-refractivity contribution is 5.85. The lowest BCUT2D eigenvalue weighted by Gasteiger charge is -2.07. The molecule has 106 valence electrons. The van der Waals surface area contributed by atoms with E-state index >= 15 is 0 Å². The van der Waals surface area contributed by atoms with Gasteiger partial charge >= 0.3 is 5.97 Å². The average molecular weight is 275 g/mol. The van der Waals surface area contributed by atoms with Crippen LogP contribution in [-0.2, 0) is 18.2 Å². The molecule has 0 bridgehead atoms. The molecule has 0 saturated heterocycles. The third kappa shape index (κ3) is 3.53. The van der Waals surface area contributed by atoms with Crippen molar-refractivity contribution < 1.29 is 9.53 Å². The highest BCUT2D eigenvalue weighted by Gasteiger charge is 2.11. The normalized spacial score (nSPS) is 10.3. The molecule has 0 aliphatic carbocycles. The van der Waals surface area contributed by atoms with Crippen LogP contribution in [0.25, 0.3) is 0 Å². The molecular formula is C13H17N5O2. The lowest BCUT2D eigenvalue weighted by molar-refractivity contribution is 0.0586. The van der Waals surface area contributed by atoms with Gasteiger partial charge in [-0.3, -0.25) is 4.68 Å². The number of rotatable bonds is 5. The van der Waals surface area contributed by atoms with Gasteiger partial charge in [0, 0.05) is 38.0 Å². The fraction of sp³-hybridized carbons (Fsp3) is 0.385. The summed E-state index contributed by atoms with van der Waals surface area (Å²) in [6, 6.07) is 3.75. The Kier molecular flexibility index (Phi) is 4.29. The van der Waals surface area contributed by atoms with Crippen molar-refractivity contribution in [2.75, 3.05) is 19.0 Å². The molecular weight excluding hydrogens is 258 g/mol. The first-order valence-corrected chi connectivity index (χ1v) is 6.25. The number of esters is 1. The molecule has 0 atom stereocenters. The Hall–Kier alpha value is -2.44. The Bertz CT molecular complexity index is 609. The number of nitrogens with one attached hydrogen (secondary N) is 1. The second kappa shape index (κ2) is 6.14. The minimum atomic E-state index is -0.540. The molecule has 2 aromatic heterocycles. The van der Waals surface area contributed by atoms with Crippen molar-refractivity contribution >= 4 is 11.8 Å². The Morgan fingerprint density at radius 3 is 2.90 bits per heavy atom. The van der Waals surface area contributed by atoms with Crippen molar-refractivity contribution in [2.24, 2.45) is 7.05 Å². The van der Waals surface area contributed by atoms with E-state index in [0.717, 1.165) is 12.1 Å². The number of anilines is 1. The van der Waals surface area contributed by atoms with E-state index < -0.39 is 5.97 Å². The van der Waals surface area contributed by atoms with Gasteiger partial charge < -0.3 is 10.1 Å². The van der Waals surface area contributed by atoms with Crippen LogP contribution in [0, 0.1) is 6.92 Å². The molecule has 1 N–H and O–H groups in total. The van der Waals surface area contributed by atoms with Crippen LogP contribution in [0.15, 0.2) is 18.3 Å². The zero-order valence-electron chi connectivity index (χ0n) is 11.8. The number of aryl methyl sites for hydroxylation is 2. The van der Waals surface area contributed by atoms with Gasteiger partial charge in [0.15, 0.2) is 0 Å². The Labute approximate surface area is 117 Å². The largest absolute Gasteiger partial charge is 0.463 e. The zero-order valence-corrected chi connectivity index (χ0v) is 11.8. The smallest absolute Gasteiger partial charge is 0.376 e. The predicted octanol–water partition coefficient (Wildman–Crippen LogP) is 0.960. The van der Waals surface area contributed by atoms with Gasteiger partial charge in [-0.15, -0.1) is 0 Å². The van der Waals surface area contributed by atoms with Crippen molar-refractivity contribution in [3.63, 3.8) is 0 Å². The maximum absolute atomic E-state index is 11.4. The number of ether oxygens (including phenoxy) is 1. The van der Waals surface area contributed by atoms with Crippen molar-refractivity contribution in [3.05, 3.63) is 35.5 Å². The van der Waals surface area contributed by atoms with Gasteiger partial charge in [0.05, 0.1) is 12.8 Å². The van der Waals surface area contributed by atoms with Crippen LogP contribution in [0.5, 0.6) is 0 Å². The molecule has 7 nitrogen and oxygen atoms in total. The van der Waals surface area contributed by atoms with Crippen molar-refractivity contribution in [2.45, 2.75) is 13.3 Å². The number of methoxy groups -OCH3 is 1. The maximum Gasteiger partial charge on any atom is 0.376 e. The minimum absolute atomic E-state index is 0.0628. The molecule has 0 saturated carbocycles. The monoisotopic (exact) mass is 275 g/mol. The number of carbonyl (C=O) groups is 1. The Morgan fingerprint density at radius 1 is 1.45 bits per heavy atom. The SMILES string of the molecule is COC(=O)c1nc(C)cc(NCCc2ccn(C)n2)n1. The standard InChI is InChI=1S/C13H17N5O2/c1-9-8-11(16-12(15-9)13(19)20-3)14-6-4-10-5-7-18(2)17-10/h5,7-8H,4,6H2,1-3H3,(H,14,15,16). The van der Waals surface area contributed by atoms with Crippen LogP contribution >= 0.6 is 0 Å². The molecule has 0 aromatic carbocycles. The molecule has 0 unspecified atom stereocenters. The summed E-state index contributed by atoms with van der Waals surface area (Å²) in [6.45, 7) is 2.48. The molecule has 20 heavy (non-hydrogen) atoms. The summed E-state index contributed by atoms with van der Waals surface area (Å²) >= 11 is 0. The van der Waals surface area contributed by atoms with Gasteiger partial charge in [0.1, 0.15) is 5.82 Å². The van der Waals surface area contributed by atoms with Crippen molar-refractivity contribution in [1.82, 2.24) is 19.7 Å². The van der Waals surface area contributed by atoms with Crippen LogP contribution < -0.4 is 5.32 Å². The van der Waals surface area contributed by atoms with Gasteiger partial charge in [-0.1, -0.05) is 0 Å². The molecule has 0 aliphatic rings. The first-order chi connectivity index (χ1) is 9.58. The fourth-order valence-electron chi connectivity index (χ4n) is 1.76. The van der Waals surface area contributed by atoms with Crippen LogP contribution in [-0.4, -0.2) is 39.4 Å². The number of hydrogen-bond donors (Lipinski definition) is 1. The number of nitrogens with zero attached hydrogens (tertiary/aromatic N) is 4. The average Bonchev–Trinajstić information content (AvgIpc) is 2.83. The molecule has 0 aliphatic heterocycles. The van der Waals surface area contributed by atoms with E-state index in [9.17, 15) is 4.79 Å². The topological polar surface area (TPSA) is 81.9 Å². The molecule has 0 radical (unpaired) electrons. The zero-order chi connectivity index (χ0) is 14.5. The molecule has 2 aromatic rings. The van der Waals surface area contributed by atoms with E-state index in [1.54, 1.807) is 17.7 Å². The summed E-state index contributed by atoms with van der Waals surface area (Å²) in [7, 11) is 3.19. The third-order valence-electron chi connectivity index (χ3n) is 2.68. The highest BCUT2D eigenvalue weighted by Crippen LogP contribution is 2.07. The van der Waals surface area contributed by atoms with Crippen LogP contribution in [0.1, 0.15) is 22.0 Å². The van der Waals surface area contributed by atoms with E-state index in [-0.39, 0.29) is 5.82 Å². The molecule has 7 heteroatoms. The van der Waals surface area contributed by atoms with E-state index in [0.29, 0.717) is 18.1 Å². The summed E-state index contributed by atoms with van der Waals surface area (Å²) in [5, 5.41) is 7.44. The summed E-state index contributed by atoms with van der Waals surface area (Å²) in [5.74, 6) is 0.128. The van der Waals surface area contributed by atoms with Crippen molar-refractivity contribution in [1.29, 1.82) is 0 Å². The quantitative estimate of drug-likeness (QED) is 0.818. The van der Waals surface area contributed by atoms with Gasteiger partial charge in [-0.05, 0) is 13.0 Å². The number of aromatic nitrogens is 4. The minimum Gasteiger partial charge on any atom is -0.463 e. The van der Waals surface area contributed by atoms with Crippen LogP contribution in [0.4, 0.5) is 5.82 Å². The number of carbonyl (C=O) groups excluding carboxylic acids is 1. The lowest BCUT2D eigenvalue weighted by Crippen LogP contribution is -2.13. The van der Waals surface area contributed by atoms with E-state index in [1.165, 1.54) is 7.11 Å². The molecule has 0 fully saturated rings. The molecule has 2 heterocycles. The van der Waals surface area contributed by atoms with Crippen LogP contribution in [0.2, 0.25) is 0 Å². The summed E-state index contributed by atoms with van der Waals surface area (Å²) in [5.41, 5.74) is 1.71. The second-order valence-electron chi connectivity index (χ2n) is 4.37. The van der Waals surface area contributed by atoms with Gasteiger partial charge in [0.25, 0.3) is 0 Å². The summed E-state index contributed by atoms with van der Waals surface area (Å²) in [4.78, 5) is 19.6. The van der Waals surface area contributed by atoms with E-state index in [4.69, 9.17) is 0 Å². The van der Waals surface area contributed by atoms with Gasteiger partial charge in [-0.2, -0.15) is 5.10 Å². The second-order valence-corrected chi connectivity index (χ2v) is 4.37.